The van der Waals surface area contributed by atoms with Crippen molar-refractivity contribution < 1.29 is 0 Å². The van der Waals surface area contributed by atoms with E-state index in [4.69, 9.17) is 18.1 Å². The van der Waals surface area contributed by atoms with Gasteiger partial charge in [-0.3, -0.25) is 0 Å². The lowest BCUT2D eigenvalue weighted by atomic mass is 9.77. The Kier molecular flexibility index (Phi) is 12.2. The molecule has 6 aromatic carbocycles. The van der Waals surface area contributed by atoms with Crippen LogP contribution in [0.1, 0.15) is 71.1 Å². The van der Waals surface area contributed by atoms with Gasteiger partial charge in [0.25, 0.3) is 12.6 Å². The Morgan fingerprint density at radius 2 is 0.810 bits per heavy atom. The number of nitrogens with zero attached hydrogens (tertiary/aromatic N) is 6. The largest absolute Gasteiger partial charge is 0.318 e. The molecule has 6 nitrogen and oxygen atoms in total. The molecule has 0 N–H and O–H groups in total. The monoisotopic (exact) mass is 754 g/mol. The number of rotatable bonds is 12. The highest BCUT2D eigenvalue weighted by atomic mass is 15.1. The number of hydrogen-bond donors (Lipinski definition) is 0. The molecule has 0 saturated carbocycles. The van der Waals surface area contributed by atoms with Crippen LogP contribution in [0.3, 0.4) is 0 Å². The SMILES string of the molecule is [C-]#[N+]C(CC(C)C)c1cn(C(c2ccccc2)(c2ccccc2)c2ccccc2)cn1.[C-]#[N+]Cc1cn(C(c2ccccc2)(c2ccccc2)c2ccccc2)cn1. The van der Waals surface area contributed by atoms with Crippen molar-refractivity contribution in [1.29, 1.82) is 0 Å². The Bertz CT molecular complexity index is 2360. The highest BCUT2D eigenvalue weighted by Crippen LogP contribution is 2.42. The zero-order valence-corrected chi connectivity index (χ0v) is 32.9. The maximum Gasteiger partial charge on any atom is 0.266 e. The van der Waals surface area contributed by atoms with E-state index in [-0.39, 0.29) is 12.6 Å². The molecular weight excluding hydrogens is 709 g/mol. The lowest BCUT2D eigenvalue weighted by Crippen LogP contribution is -2.36. The van der Waals surface area contributed by atoms with Gasteiger partial charge in [-0.05, 0) is 39.3 Å². The van der Waals surface area contributed by atoms with E-state index in [1.807, 2.05) is 55.2 Å². The summed E-state index contributed by atoms with van der Waals surface area (Å²) < 4.78 is 4.31. The van der Waals surface area contributed by atoms with Crippen molar-refractivity contribution in [3.05, 3.63) is 275 Å². The molecule has 0 fully saturated rings. The third kappa shape index (κ3) is 7.74. The van der Waals surface area contributed by atoms with Gasteiger partial charge in [-0.25, -0.2) is 23.1 Å². The zero-order valence-electron chi connectivity index (χ0n) is 32.9. The molecule has 0 aliphatic rings. The van der Waals surface area contributed by atoms with Crippen LogP contribution in [-0.4, -0.2) is 19.1 Å². The summed E-state index contributed by atoms with van der Waals surface area (Å²) in [4.78, 5) is 16.6. The molecule has 1 unspecified atom stereocenters. The molecular formula is C52H46N6. The Morgan fingerprint density at radius 1 is 0.483 bits per heavy atom. The molecule has 0 aliphatic carbocycles. The fourth-order valence-electron chi connectivity index (χ4n) is 8.06. The van der Waals surface area contributed by atoms with Crippen molar-refractivity contribution in [3.63, 3.8) is 0 Å². The average Bonchev–Trinajstić information content (AvgIpc) is 3.97. The average molecular weight is 755 g/mol. The first-order valence-corrected chi connectivity index (χ1v) is 19.6. The van der Waals surface area contributed by atoms with E-state index < -0.39 is 11.1 Å². The van der Waals surface area contributed by atoms with E-state index in [0.29, 0.717) is 5.92 Å². The number of benzene rings is 6. The Hall–Kier alpha value is -7.28. The van der Waals surface area contributed by atoms with E-state index in [1.165, 1.54) is 0 Å². The van der Waals surface area contributed by atoms with Gasteiger partial charge in [0.05, 0.1) is 12.7 Å². The summed E-state index contributed by atoms with van der Waals surface area (Å²) in [6.45, 7) is 19.5. The Labute approximate surface area is 342 Å². The molecule has 0 bridgehead atoms. The maximum absolute atomic E-state index is 7.72. The Balaban J connectivity index is 0.000000178. The van der Waals surface area contributed by atoms with Crippen LogP contribution in [0.15, 0.2) is 207 Å². The summed E-state index contributed by atoms with van der Waals surface area (Å²) in [6.07, 6.45) is 8.59. The van der Waals surface area contributed by atoms with Crippen LogP contribution >= 0.6 is 0 Å². The summed E-state index contributed by atoms with van der Waals surface area (Å²) in [5, 5.41) is 0. The third-order valence-corrected chi connectivity index (χ3v) is 10.6. The molecule has 284 valence electrons. The second kappa shape index (κ2) is 18.1. The van der Waals surface area contributed by atoms with E-state index in [1.54, 1.807) is 0 Å². The number of imidazole rings is 2. The normalized spacial score (nSPS) is 11.8. The van der Waals surface area contributed by atoms with Crippen LogP contribution in [0.25, 0.3) is 9.69 Å². The molecule has 0 saturated heterocycles. The molecule has 0 spiro atoms. The van der Waals surface area contributed by atoms with Gasteiger partial charge in [0.15, 0.2) is 0 Å². The maximum atomic E-state index is 7.72. The summed E-state index contributed by atoms with van der Waals surface area (Å²) in [6, 6.07) is 62.7. The van der Waals surface area contributed by atoms with E-state index in [9.17, 15) is 0 Å². The number of aromatic nitrogens is 4. The van der Waals surface area contributed by atoms with E-state index >= 15 is 0 Å². The minimum Gasteiger partial charge on any atom is -0.318 e. The summed E-state index contributed by atoms with van der Waals surface area (Å²) in [5.74, 6) is 0.436. The minimum absolute atomic E-state index is 0.235. The molecule has 2 aromatic heterocycles. The molecule has 2 heterocycles. The molecule has 58 heavy (non-hydrogen) atoms. The van der Waals surface area contributed by atoms with Crippen LogP contribution in [0, 0.1) is 19.1 Å². The van der Waals surface area contributed by atoms with E-state index in [0.717, 1.165) is 51.2 Å². The smallest absolute Gasteiger partial charge is 0.266 e. The van der Waals surface area contributed by atoms with Crippen LogP contribution in [0.5, 0.6) is 0 Å². The lowest BCUT2D eigenvalue weighted by Gasteiger charge is -2.37. The zero-order chi connectivity index (χ0) is 40.2. The first-order chi connectivity index (χ1) is 28.5. The first kappa shape index (κ1) is 39.0. The molecule has 8 aromatic rings. The molecule has 8 rings (SSSR count). The van der Waals surface area contributed by atoms with Gasteiger partial charge < -0.3 is 18.8 Å². The van der Waals surface area contributed by atoms with E-state index in [2.05, 4.69) is 189 Å². The van der Waals surface area contributed by atoms with Crippen molar-refractivity contribution in [2.45, 2.75) is 43.9 Å². The van der Waals surface area contributed by atoms with Gasteiger partial charge in [-0.2, -0.15) is 0 Å². The van der Waals surface area contributed by atoms with Crippen LogP contribution in [0.4, 0.5) is 0 Å². The topological polar surface area (TPSA) is 44.4 Å². The van der Waals surface area contributed by atoms with Gasteiger partial charge >= 0.3 is 0 Å². The predicted molar refractivity (Wildman–Crippen MR) is 233 cm³/mol. The Morgan fingerprint density at radius 3 is 1.12 bits per heavy atom. The van der Waals surface area contributed by atoms with Gasteiger partial charge in [-0.15, -0.1) is 0 Å². The second-order valence-corrected chi connectivity index (χ2v) is 14.7. The van der Waals surface area contributed by atoms with Gasteiger partial charge in [-0.1, -0.05) is 196 Å². The van der Waals surface area contributed by atoms with Crippen LogP contribution in [-0.2, 0) is 17.6 Å². The standard InChI is InChI=1S/C28H27N3.C24H19N3/c1-22(2)19-26(29-3)27-20-31(21-30-27)28(23-13-7-4-8-14-23,24-15-9-5-10-16-24)25-17-11-6-12-18-25;1-25-17-23-18-27(19-26-23)24(20-11-5-2-6-12-20,21-13-7-3-8-14-21)22-15-9-4-10-16-22/h4-18,20-22,26H,19H2,1-2H3;2-16,18-19H,17H2. The lowest BCUT2D eigenvalue weighted by molar-refractivity contribution is 0.511. The number of hydrogen-bond acceptors (Lipinski definition) is 2. The fraction of sp³-hybridized carbons (Fsp3) is 0.154. The first-order valence-electron chi connectivity index (χ1n) is 19.6. The summed E-state index contributed by atoms with van der Waals surface area (Å²) >= 11 is 0. The second-order valence-electron chi connectivity index (χ2n) is 14.7. The highest BCUT2D eigenvalue weighted by molar-refractivity contribution is 5.52. The van der Waals surface area contributed by atoms with Gasteiger partial charge in [0.2, 0.25) is 0 Å². The molecule has 6 heteroatoms. The van der Waals surface area contributed by atoms with Gasteiger partial charge in [0, 0.05) is 18.8 Å². The van der Waals surface area contributed by atoms with Crippen molar-refractivity contribution in [3.8, 4) is 0 Å². The molecule has 0 radical (unpaired) electrons. The van der Waals surface area contributed by atoms with Crippen molar-refractivity contribution in [2.75, 3.05) is 0 Å². The fourth-order valence-corrected chi connectivity index (χ4v) is 8.06. The summed E-state index contributed by atoms with van der Waals surface area (Å²) in [5.41, 5.74) is 7.36. The quantitative estimate of drug-likeness (QED) is 0.0921. The highest BCUT2D eigenvalue weighted by Gasteiger charge is 2.40. The van der Waals surface area contributed by atoms with Crippen LogP contribution in [0.2, 0.25) is 0 Å². The molecule has 0 amide bonds. The molecule has 1 atom stereocenters. The van der Waals surface area contributed by atoms with Crippen molar-refractivity contribution >= 4 is 0 Å². The third-order valence-electron chi connectivity index (χ3n) is 10.6. The van der Waals surface area contributed by atoms with Crippen molar-refractivity contribution in [1.82, 2.24) is 19.1 Å². The minimum atomic E-state index is -0.584. The predicted octanol–water partition coefficient (Wildman–Crippen LogP) is 11.9. The van der Waals surface area contributed by atoms with Crippen LogP contribution < -0.4 is 0 Å². The molecule has 0 aliphatic heterocycles. The summed E-state index contributed by atoms with van der Waals surface area (Å²) in [7, 11) is 0. The van der Waals surface area contributed by atoms with Crippen molar-refractivity contribution in [2.24, 2.45) is 5.92 Å². The van der Waals surface area contributed by atoms with Gasteiger partial charge in [0.1, 0.15) is 22.5 Å².